The Morgan fingerprint density at radius 1 is 0.571 bits per heavy atom. The average Bonchev–Trinajstić information content (AvgIpc) is 3.32. The van der Waals surface area contributed by atoms with E-state index in [4.69, 9.17) is 9.40 Å². The summed E-state index contributed by atoms with van der Waals surface area (Å²) in [4.78, 5) is 4.75. The molecule has 5 aromatic carbocycles. The molecule has 0 fully saturated rings. The van der Waals surface area contributed by atoms with Crippen molar-refractivity contribution in [3.8, 4) is 33.7 Å². The number of hydrogen-bond donors (Lipinski definition) is 0. The highest BCUT2D eigenvalue weighted by molar-refractivity contribution is 6.88. The average molecular weight is 470 g/mol. The maximum absolute atomic E-state index is 6.11. The van der Waals surface area contributed by atoms with Gasteiger partial charge in [-0.15, -0.1) is 0 Å². The molecule has 0 spiro atoms. The molecule has 0 aliphatic carbocycles. The molecule has 0 aliphatic heterocycles. The van der Waals surface area contributed by atoms with Crippen molar-refractivity contribution >= 4 is 35.1 Å². The Morgan fingerprint density at radius 3 is 1.97 bits per heavy atom. The lowest BCUT2D eigenvalue weighted by Crippen LogP contribution is -2.37. The van der Waals surface area contributed by atoms with E-state index in [0.717, 1.165) is 22.0 Å². The molecule has 2 nitrogen and oxygen atoms in total. The molecule has 0 amide bonds. The third-order valence-corrected chi connectivity index (χ3v) is 8.77. The van der Waals surface area contributed by atoms with Crippen molar-refractivity contribution in [2.24, 2.45) is 0 Å². The summed E-state index contributed by atoms with van der Waals surface area (Å²) in [6, 6.07) is 38.7. The lowest BCUT2D eigenvalue weighted by molar-refractivity contribution is 0.620. The maximum Gasteiger partial charge on any atom is 0.227 e. The highest BCUT2D eigenvalue weighted by atomic mass is 28.3. The van der Waals surface area contributed by atoms with E-state index in [-0.39, 0.29) is 0 Å². The van der Waals surface area contributed by atoms with Crippen LogP contribution in [0.1, 0.15) is 0 Å². The Morgan fingerprint density at radius 2 is 1.23 bits per heavy atom. The van der Waals surface area contributed by atoms with Crippen molar-refractivity contribution in [2.45, 2.75) is 19.6 Å². The smallest absolute Gasteiger partial charge is 0.227 e. The third kappa shape index (κ3) is 3.98. The highest BCUT2D eigenvalue weighted by Crippen LogP contribution is 2.37. The van der Waals surface area contributed by atoms with Crippen molar-refractivity contribution in [3.63, 3.8) is 0 Å². The monoisotopic (exact) mass is 469 g/mol. The molecule has 170 valence electrons. The van der Waals surface area contributed by atoms with Crippen LogP contribution in [0, 0.1) is 0 Å². The minimum Gasteiger partial charge on any atom is -0.436 e. The minimum absolute atomic E-state index is 0.658. The van der Waals surface area contributed by atoms with E-state index >= 15 is 0 Å². The van der Waals surface area contributed by atoms with Crippen LogP contribution < -0.4 is 5.19 Å². The fourth-order valence-electron chi connectivity index (χ4n) is 4.75. The van der Waals surface area contributed by atoms with Crippen LogP contribution in [0.2, 0.25) is 19.6 Å². The van der Waals surface area contributed by atoms with Gasteiger partial charge >= 0.3 is 0 Å². The summed E-state index contributed by atoms with van der Waals surface area (Å²) in [5, 5.41) is 3.82. The molecule has 1 aromatic heterocycles. The highest BCUT2D eigenvalue weighted by Gasteiger charge is 2.17. The van der Waals surface area contributed by atoms with Gasteiger partial charge in [0.2, 0.25) is 5.89 Å². The minimum atomic E-state index is -1.31. The number of aromatic nitrogens is 1. The summed E-state index contributed by atoms with van der Waals surface area (Å²) in [7, 11) is -1.31. The van der Waals surface area contributed by atoms with Gasteiger partial charge in [0.1, 0.15) is 5.52 Å². The number of rotatable bonds is 4. The van der Waals surface area contributed by atoms with Crippen LogP contribution in [0.25, 0.3) is 55.6 Å². The molecular formula is C32H27NOSi. The summed E-state index contributed by atoms with van der Waals surface area (Å²) in [6.45, 7) is 7.16. The molecule has 0 saturated carbocycles. The summed E-state index contributed by atoms with van der Waals surface area (Å²) < 4.78 is 6.11. The van der Waals surface area contributed by atoms with Gasteiger partial charge in [-0.1, -0.05) is 110 Å². The first kappa shape index (κ1) is 21.6. The lowest BCUT2D eigenvalue weighted by atomic mass is 9.93. The molecular weight excluding hydrogens is 442 g/mol. The molecule has 0 atom stereocenters. The Hall–Kier alpha value is -3.95. The van der Waals surface area contributed by atoms with Crippen molar-refractivity contribution < 1.29 is 4.42 Å². The zero-order valence-corrected chi connectivity index (χ0v) is 21.2. The first-order chi connectivity index (χ1) is 17.0. The van der Waals surface area contributed by atoms with E-state index in [1.807, 2.05) is 24.3 Å². The summed E-state index contributed by atoms with van der Waals surface area (Å²) in [5.41, 5.74) is 7.60. The molecule has 0 unspecified atom stereocenters. The number of hydrogen-bond acceptors (Lipinski definition) is 2. The first-order valence-electron chi connectivity index (χ1n) is 12.1. The second-order valence-electron chi connectivity index (χ2n) is 10.1. The van der Waals surface area contributed by atoms with E-state index in [9.17, 15) is 0 Å². The van der Waals surface area contributed by atoms with Gasteiger partial charge in [0.15, 0.2) is 5.58 Å². The molecule has 0 radical (unpaired) electrons. The van der Waals surface area contributed by atoms with Crippen LogP contribution in [0.15, 0.2) is 114 Å². The van der Waals surface area contributed by atoms with Gasteiger partial charge in [-0.25, -0.2) is 4.98 Å². The third-order valence-electron chi connectivity index (χ3n) is 6.71. The van der Waals surface area contributed by atoms with Gasteiger partial charge in [-0.3, -0.25) is 0 Å². The topological polar surface area (TPSA) is 26.0 Å². The zero-order valence-electron chi connectivity index (χ0n) is 20.2. The molecule has 1 heterocycles. The molecule has 6 rings (SSSR count). The van der Waals surface area contributed by atoms with Crippen molar-refractivity contribution in [2.75, 3.05) is 0 Å². The van der Waals surface area contributed by atoms with Crippen molar-refractivity contribution in [1.82, 2.24) is 4.98 Å². The van der Waals surface area contributed by atoms with E-state index < -0.39 is 8.07 Å². The fraction of sp³-hybridized carbons (Fsp3) is 0.0938. The first-order valence-corrected chi connectivity index (χ1v) is 15.6. The number of fused-ring (bicyclic) bond motifs is 2. The molecule has 3 heteroatoms. The predicted molar refractivity (Wildman–Crippen MR) is 151 cm³/mol. The Labute approximate surface area is 206 Å². The molecule has 6 aromatic rings. The predicted octanol–water partition coefficient (Wildman–Crippen LogP) is 8.53. The van der Waals surface area contributed by atoms with Gasteiger partial charge < -0.3 is 4.42 Å². The van der Waals surface area contributed by atoms with Gasteiger partial charge in [-0.05, 0) is 57.3 Å². The standard InChI is InChI=1S/C32H27NOSi/c1-35(2,3)25-17-15-22(16-18-25)23-9-8-10-24(21-23)26-19-20-29(28-12-5-4-11-27(26)28)32-33-30-13-6-7-14-31(30)34-32/h4-21H,1-3H3. The fourth-order valence-corrected chi connectivity index (χ4v) is 5.92. The molecule has 0 N–H and O–H groups in total. The summed E-state index contributed by atoms with van der Waals surface area (Å²) in [5.74, 6) is 0.658. The normalized spacial score (nSPS) is 11.9. The number of nitrogens with zero attached hydrogens (tertiary/aromatic N) is 1. The van der Waals surface area contributed by atoms with Crippen molar-refractivity contribution in [3.05, 3.63) is 109 Å². The zero-order chi connectivity index (χ0) is 24.0. The van der Waals surface area contributed by atoms with Gasteiger partial charge in [0.25, 0.3) is 0 Å². The molecule has 0 aliphatic rings. The molecule has 0 bridgehead atoms. The Balaban J connectivity index is 1.45. The summed E-state index contributed by atoms with van der Waals surface area (Å²) >= 11 is 0. The van der Waals surface area contributed by atoms with E-state index in [1.54, 1.807) is 0 Å². The van der Waals surface area contributed by atoms with Crippen LogP contribution in [-0.4, -0.2) is 13.1 Å². The molecule has 35 heavy (non-hydrogen) atoms. The second kappa shape index (κ2) is 8.37. The largest absolute Gasteiger partial charge is 0.436 e. The van der Waals surface area contributed by atoms with Crippen LogP contribution in [-0.2, 0) is 0 Å². The lowest BCUT2D eigenvalue weighted by Gasteiger charge is -2.17. The second-order valence-corrected chi connectivity index (χ2v) is 15.2. The van der Waals surface area contributed by atoms with Crippen molar-refractivity contribution in [1.29, 1.82) is 0 Å². The van der Waals surface area contributed by atoms with E-state index in [0.29, 0.717) is 5.89 Å². The summed E-state index contributed by atoms with van der Waals surface area (Å²) in [6.07, 6.45) is 0. The molecule has 0 saturated heterocycles. The maximum atomic E-state index is 6.11. The van der Waals surface area contributed by atoms with Crippen LogP contribution in [0.5, 0.6) is 0 Å². The van der Waals surface area contributed by atoms with E-state index in [1.165, 1.54) is 32.8 Å². The number of para-hydroxylation sites is 2. The van der Waals surface area contributed by atoms with Crippen LogP contribution in [0.3, 0.4) is 0 Å². The van der Waals surface area contributed by atoms with E-state index in [2.05, 4.69) is 105 Å². The van der Waals surface area contributed by atoms with Crippen LogP contribution >= 0.6 is 0 Å². The quantitative estimate of drug-likeness (QED) is 0.242. The van der Waals surface area contributed by atoms with Gasteiger partial charge in [0, 0.05) is 5.56 Å². The van der Waals surface area contributed by atoms with Gasteiger partial charge in [-0.2, -0.15) is 0 Å². The van der Waals surface area contributed by atoms with Gasteiger partial charge in [0.05, 0.1) is 8.07 Å². The number of benzene rings is 5. The SMILES string of the molecule is C[Si](C)(C)c1ccc(-c2cccc(-c3ccc(-c4nc5ccccc5o4)c4ccccc34)c2)cc1. The van der Waals surface area contributed by atoms with Crippen LogP contribution in [0.4, 0.5) is 0 Å². The Kier molecular flexibility index (Phi) is 5.16. The Bertz CT molecular complexity index is 1640. The number of oxazole rings is 1.